The molecule has 0 unspecified atom stereocenters. The maximum absolute atomic E-state index is 2.00. The summed E-state index contributed by atoms with van der Waals surface area (Å²) in [6.45, 7) is 14.0. The maximum atomic E-state index is 2.00. The van der Waals surface area contributed by atoms with Gasteiger partial charge in [0.2, 0.25) is 0 Å². The molecule has 16 heavy (non-hydrogen) atoms. The highest BCUT2D eigenvalue weighted by Gasteiger charge is 2.30. The van der Waals surface area contributed by atoms with Crippen LogP contribution in [0.15, 0.2) is 0 Å². The zero-order valence-corrected chi connectivity index (χ0v) is 12.5. The lowest BCUT2D eigenvalue weighted by molar-refractivity contribution is -0.936. The number of nitrogens with zero attached hydrogens (tertiary/aromatic N) is 1. The Labute approximate surface area is 105 Å². The SMILES string of the molecule is C1CC[N+]2(CC1)CCCCC2.CC.CC.[CH3-]. The summed E-state index contributed by atoms with van der Waals surface area (Å²) >= 11 is 0. The number of rotatable bonds is 0. The quantitative estimate of drug-likeness (QED) is 0.418. The summed E-state index contributed by atoms with van der Waals surface area (Å²) in [5, 5.41) is 0. The molecule has 2 saturated heterocycles. The summed E-state index contributed by atoms with van der Waals surface area (Å²) in [6.07, 6.45) is 9.00. The second kappa shape index (κ2) is 11.4. The number of hydrogen-bond donors (Lipinski definition) is 0. The first-order chi connectivity index (χ1) is 7.41. The van der Waals surface area contributed by atoms with Gasteiger partial charge in [0.25, 0.3) is 0 Å². The molecule has 1 nitrogen and oxygen atoms in total. The minimum absolute atomic E-state index is 0. The molecule has 0 N–H and O–H groups in total. The third-order valence-electron chi connectivity index (χ3n) is 3.53. The molecule has 0 aromatic carbocycles. The van der Waals surface area contributed by atoms with Crippen molar-refractivity contribution in [3.8, 4) is 0 Å². The van der Waals surface area contributed by atoms with Crippen LogP contribution in [0.3, 0.4) is 0 Å². The Balaban J connectivity index is 0. The van der Waals surface area contributed by atoms with Gasteiger partial charge in [-0.2, -0.15) is 0 Å². The Morgan fingerprint density at radius 1 is 0.500 bits per heavy atom. The lowest BCUT2D eigenvalue weighted by Gasteiger charge is -2.44. The molecule has 0 bridgehead atoms. The van der Waals surface area contributed by atoms with Crippen LogP contribution >= 0.6 is 0 Å². The Bertz CT molecular complexity index is 99.9. The van der Waals surface area contributed by atoms with Crippen molar-refractivity contribution in [1.29, 1.82) is 0 Å². The Hall–Kier alpha value is -0.0400. The lowest BCUT2D eigenvalue weighted by atomic mass is 10.0. The largest absolute Gasteiger partial charge is 0.358 e. The Kier molecular flexibility index (Phi) is 13.1. The highest BCUT2D eigenvalue weighted by atomic mass is 15.4. The number of piperidine rings is 2. The highest BCUT2D eigenvalue weighted by molar-refractivity contribution is 4.59. The van der Waals surface area contributed by atoms with Crippen LogP contribution in [0.4, 0.5) is 0 Å². The molecule has 2 aliphatic rings. The zero-order chi connectivity index (χ0) is 11.6. The van der Waals surface area contributed by atoms with E-state index in [-0.39, 0.29) is 7.43 Å². The van der Waals surface area contributed by atoms with Gasteiger partial charge in [0.1, 0.15) is 0 Å². The van der Waals surface area contributed by atoms with Gasteiger partial charge in [-0.25, -0.2) is 0 Å². The Morgan fingerprint density at radius 2 is 0.750 bits per heavy atom. The van der Waals surface area contributed by atoms with E-state index in [4.69, 9.17) is 0 Å². The summed E-state index contributed by atoms with van der Waals surface area (Å²) in [5.74, 6) is 0. The molecule has 0 aliphatic carbocycles. The van der Waals surface area contributed by atoms with E-state index in [1.54, 1.807) is 0 Å². The topological polar surface area (TPSA) is 0 Å². The summed E-state index contributed by atoms with van der Waals surface area (Å²) in [4.78, 5) is 0. The predicted molar refractivity (Wildman–Crippen MR) is 76.5 cm³/mol. The van der Waals surface area contributed by atoms with Gasteiger partial charge >= 0.3 is 0 Å². The average molecular weight is 229 g/mol. The lowest BCUT2D eigenvalue weighted by Crippen LogP contribution is -2.54. The van der Waals surface area contributed by atoms with Gasteiger partial charge in [-0.05, 0) is 38.5 Å². The minimum atomic E-state index is 0. The highest BCUT2D eigenvalue weighted by Crippen LogP contribution is 2.24. The van der Waals surface area contributed by atoms with Crippen LogP contribution < -0.4 is 0 Å². The summed E-state index contributed by atoms with van der Waals surface area (Å²) in [6, 6.07) is 0. The molecular weight excluding hydrogens is 194 g/mol. The van der Waals surface area contributed by atoms with Crippen LogP contribution in [-0.2, 0) is 0 Å². The van der Waals surface area contributed by atoms with E-state index >= 15 is 0 Å². The van der Waals surface area contributed by atoms with Gasteiger partial charge in [-0.3, -0.25) is 0 Å². The monoisotopic (exact) mass is 229 g/mol. The van der Waals surface area contributed by atoms with Crippen molar-refractivity contribution in [3.05, 3.63) is 7.43 Å². The molecule has 0 aromatic heterocycles. The molecule has 0 saturated carbocycles. The first kappa shape index (κ1) is 18.3. The van der Waals surface area contributed by atoms with E-state index in [9.17, 15) is 0 Å². The zero-order valence-electron chi connectivity index (χ0n) is 12.5. The molecular formula is C15H35N. The van der Waals surface area contributed by atoms with E-state index in [2.05, 4.69) is 0 Å². The molecule has 1 heteroatoms. The van der Waals surface area contributed by atoms with Crippen molar-refractivity contribution in [1.82, 2.24) is 0 Å². The fourth-order valence-corrected chi connectivity index (χ4v) is 2.81. The molecule has 0 amide bonds. The van der Waals surface area contributed by atoms with Gasteiger partial charge in [0, 0.05) is 0 Å². The van der Waals surface area contributed by atoms with Gasteiger partial charge in [-0.15, -0.1) is 0 Å². The van der Waals surface area contributed by atoms with Crippen LogP contribution in [0.1, 0.15) is 66.2 Å². The van der Waals surface area contributed by atoms with Crippen molar-refractivity contribution in [2.45, 2.75) is 66.2 Å². The molecule has 1 spiro atoms. The van der Waals surface area contributed by atoms with Gasteiger partial charge in [-0.1, -0.05) is 27.7 Å². The fourth-order valence-electron chi connectivity index (χ4n) is 2.81. The van der Waals surface area contributed by atoms with E-state index in [0.717, 1.165) is 0 Å². The van der Waals surface area contributed by atoms with E-state index < -0.39 is 0 Å². The molecule has 2 fully saturated rings. The van der Waals surface area contributed by atoms with Gasteiger partial charge in [0.05, 0.1) is 26.2 Å². The average Bonchev–Trinajstić information content (AvgIpc) is 2.36. The van der Waals surface area contributed by atoms with Crippen molar-refractivity contribution < 1.29 is 4.48 Å². The summed E-state index contributed by atoms with van der Waals surface area (Å²) in [7, 11) is 0. The second-order valence-electron chi connectivity index (χ2n) is 4.36. The third-order valence-corrected chi connectivity index (χ3v) is 3.53. The summed E-state index contributed by atoms with van der Waals surface area (Å²) < 4.78 is 1.50. The van der Waals surface area contributed by atoms with Crippen molar-refractivity contribution in [2.75, 3.05) is 26.2 Å². The second-order valence-corrected chi connectivity index (χ2v) is 4.36. The van der Waals surface area contributed by atoms with Crippen LogP contribution in [-0.4, -0.2) is 30.7 Å². The summed E-state index contributed by atoms with van der Waals surface area (Å²) in [5.41, 5.74) is 0. The first-order valence-electron chi connectivity index (χ1n) is 7.26. The van der Waals surface area contributed by atoms with Crippen LogP contribution in [0, 0.1) is 7.43 Å². The smallest absolute Gasteiger partial charge is 0.0786 e. The van der Waals surface area contributed by atoms with Crippen LogP contribution in [0.5, 0.6) is 0 Å². The molecule has 2 aliphatic heterocycles. The normalized spacial score (nSPS) is 21.8. The van der Waals surface area contributed by atoms with Crippen molar-refractivity contribution in [2.24, 2.45) is 0 Å². The Morgan fingerprint density at radius 3 is 1.00 bits per heavy atom. The molecule has 0 aromatic rings. The third kappa shape index (κ3) is 5.89. The molecule has 0 atom stereocenters. The number of quaternary nitrogens is 1. The van der Waals surface area contributed by atoms with E-state index in [1.165, 1.54) is 69.2 Å². The van der Waals surface area contributed by atoms with Gasteiger partial charge in [0.15, 0.2) is 0 Å². The van der Waals surface area contributed by atoms with Crippen molar-refractivity contribution in [3.63, 3.8) is 0 Å². The standard InChI is InChI=1S/C10H20N.2C2H6.CH3/c1-3-7-11(8-4-1)9-5-2-6-10-11;2*1-2;/h1-10H2;2*1-2H3;1H3/q+1;;;-1. The van der Waals surface area contributed by atoms with E-state index in [0.29, 0.717) is 0 Å². The molecule has 100 valence electrons. The maximum Gasteiger partial charge on any atom is 0.0786 e. The van der Waals surface area contributed by atoms with Crippen LogP contribution in [0.25, 0.3) is 0 Å². The van der Waals surface area contributed by atoms with E-state index in [1.807, 2.05) is 27.7 Å². The molecule has 2 rings (SSSR count). The minimum Gasteiger partial charge on any atom is -0.358 e. The molecule has 2 heterocycles. The predicted octanol–water partition coefficient (Wildman–Crippen LogP) is 4.67. The van der Waals surface area contributed by atoms with Gasteiger partial charge < -0.3 is 11.9 Å². The molecule has 0 radical (unpaired) electrons. The fraction of sp³-hybridized carbons (Fsp3) is 0.933. The van der Waals surface area contributed by atoms with Crippen molar-refractivity contribution >= 4 is 0 Å². The number of hydrogen-bond acceptors (Lipinski definition) is 0. The van der Waals surface area contributed by atoms with Crippen LogP contribution in [0.2, 0.25) is 0 Å². The first-order valence-corrected chi connectivity index (χ1v) is 7.26.